The summed E-state index contributed by atoms with van der Waals surface area (Å²) >= 11 is 1.05. The fraction of sp³-hybridized carbons (Fsp3) is 0.625. The number of hydrogen-bond acceptors (Lipinski definition) is 5. The van der Waals surface area contributed by atoms with Crippen LogP contribution in [0.1, 0.15) is 30.8 Å². The van der Waals surface area contributed by atoms with Crippen molar-refractivity contribution in [3.05, 3.63) is 5.69 Å². The number of rotatable bonds is 1. The number of anilines is 1. The minimum atomic E-state index is -0.104. The van der Waals surface area contributed by atoms with Gasteiger partial charge in [0.1, 0.15) is 5.00 Å². The topological polar surface area (TPSA) is 72.1 Å². The average molecular weight is 212 g/mol. The summed E-state index contributed by atoms with van der Waals surface area (Å²) in [5.41, 5.74) is 5.82. The van der Waals surface area contributed by atoms with E-state index in [4.69, 9.17) is 5.73 Å². The maximum atomic E-state index is 11.9. The zero-order chi connectivity index (χ0) is 10.3. The van der Waals surface area contributed by atoms with Crippen molar-refractivity contribution in [1.82, 2.24) is 14.5 Å². The maximum absolute atomic E-state index is 11.9. The zero-order valence-electron chi connectivity index (χ0n) is 8.15. The third kappa shape index (κ3) is 1.26. The van der Waals surface area contributed by atoms with Crippen LogP contribution in [-0.2, 0) is 0 Å². The van der Waals surface area contributed by atoms with Crippen molar-refractivity contribution in [2.45, 2.75) is 25.8 Å². The number of nitrogen functional groups attached to an aromatic ring is 1. The normalized spacial score (nSPS) is 19.1. The van der Waals surface area contributed by atoms with Crippen molar-refractivity contribution in [3.8, 4) is 0 Å². The molecule has 1 aromatic rings. The van der Waals surface area contributed by atoms with E-state index in [1.165, 1.54) is 0 Å². The van der Waals surface area contributed by atoms with Crippen LogP contribution >= 0.6 is 11.5 Å². The molecule has 1 saturated heterocycles. The van der Waals surface area contributed by atoms with E-state index < -0.39 is 0 Å². The molecule has 0 aromatic carbocycles. The molecular weight excluding hydrogens is 200 g/mol. The number of hydrogen-bond donors (Lipinski definition) is 1. The van der Waals surface area contributed by atoms with Gasteiger partial charge < -0.3 is 10.6 Å². The quantitative estimate of drug-likeness (QED) is 0.745. The SMILES string of the molecule is CC1(C)CCN1C(=O)c1nnsc1N. The van der Waals surface area contributed by atoms with Gasteiger partial charge in [0, 0.05) is 23.6 Å². The first-order chi connectivity index (χ1) is 6.52. The second kappa shape index (κ2) is 2.91. The molecule has 0 aliphatic carbocycles. The van der Waals surface area contributed by atoms with Crippen LogP contribution in [0.4, 0.5) is 5.00 Å². The second-order valence-electron chi connectivity index (χ2n) is 4.01. The predicted molar refractivity (Wildman–Crippen MR) is 54.1 cm³/mol. The summed E-state index contributed by atoms with van der Waals surface area (Å²) in [6.45, 7) is 4.84. The van der Waals surface area contributed by atoms with Crippen LogP contribution in [0.3, 0.4) is 0 Å². The predicted octanol–water partition coefficient (Wildman–Crippen LogP) is 0.745. The average Bonchev–Trinajstić information content (AvgIpc) is 2.49. The highest BCUT2D eigenvalue weighted by Crippen LogP contribution is 2.31. The molecule has 1 fully saturated rings. The molecule has 0 spiro atoms. The largest absolute Gasteiger partial charge is 0.387 e. The van der Waals surface area contributed by atoms with Crippen LogP contribution in [0.15, 0.2) is 0 Å². The molecule has 5 nitrogen and oxygen atoms in total. The van der Waals surface area contributed by atoms with Gasteiger partial charge in [-0.3, -0.25) is 4.79 Å². The Kier molecular flexibility index (Phi) is 1.95. The second-order valence-corrected chi connectivity index (χ2v) is 4.79. The summed E-state index contributed by atoms with van der Waals surface area (Å²) in [5.74, 6) is -0.104. The first kappa shape index (κ1) is 9.39. The van der Waals surface area contributed by atoms with Gasteiger partial charge in [-0.15, -0.1) is 5.10 Å². The standard InChI is InChI=1S/C8H12N4OS/c1-8(2)3-4-12(8)7(13)5-6(9)14-11-10-5/h3-4,9H2,1-2H3. The summed E-state index contributed by atoms with van der Waals surface area (Å²) in [6, 6.07) is 0. The van der Waals surface area contributed by atoms with Gasteiger partial charge in [-0.05, 0) is 20.3 Å². The van der Waals surface area contributed by atoms with E-state index in [0.717, 1.165) is 24.5 Å². The number of amides is 1. The lowest BCUT2D eigenvalue weighted by Gasteiger charge is -2.48. The van der Waals surface area contributed by atoms with Crippen molar-refractivity contribution in [3.63, 3.8) is 0 Å². The van der Waals surface area contributed by atoms with Gasteiger partial charge in [-0.2, -0.15) is 0 Å². The van der Waals surface area contributed by atoms with Gasteiger partial charge in [0.15, 0.2) is 5.69 Å². The highest BCUT2D eigenvalue weighted by atomic mass is 32.1. The molecule has 2 rings (SSSR count). The van der Waals surface area contributed by atoms with Gasteiger partial charge >= 0.3 is 0 Å². The Hall–Kier alpha value is -1.17. The van der Waals surface area contributed by atoms with Gasteiger partial charge in [0.05, 0.1) is 0 Å². The maximum Gasteiger partial charge on any atom is 0.277 e. The van der Waals surface area contributed by atoms with E-state index in [2.05, 4.69) is 9.59 Å². The van der Waals surface area contributed by atoms with Crippen LogP contribution in [0.5, 0.6) is 0 Å². The van der Waals surface area contributed by atoms with E-state index in [9.17, 15) is 4.79 Å². The Balaban J connectivity index is 2.22. The molecule has 0 unspecified atom stereocenters. The molecule has 0 saturated carbocycles. The highest BCUT2D eigenvalue weighted by molar-refractivity contribution is 7.10. The van der Waals surface area contributed by atoms with E-state index in [0.29, 0.717) is 10.7 Å². The van der Waals surface area contributed by atoms with Crippen molar-refractivity contribution in [1.29, 1.82) is 0 Å². The van der Waals surface area contributed by atoms with Crippen LogP contribution in [0.25, 0.3) is 0 Å². The Bertz CT molecular complexity index is 373. The number of carbonyl (C=O) groups excluding carboxylic acids is 1. The fourth-order valence-electron chi connectivity index (χ4n) is 1.52. The molecule has 1 aromatic heterocycles. The van der Waals surface area contributed by atoms with Crippen molar-refractivity contribution in [2.75, 3.05) is 12.3 Å². The molecule has 0 bridgehead atoms. The molecule has 2 heterocycles. The van der Waals surface area contributed by atoms with Gasteiger partial charge in [-0.25, -0.2) is 0 Å². The van der Waals surface area contributed by atoms with Crippen molar-refractivity contribution >= 4 is 22.4 Å². The van der Waals surface area contributed by atoms with E-state index in [1.807, 2.05) is 13.8 Å². The third-order valence-electron chi connectivity index (χ3n) is 2.64. The lowest BCUT2D eigenvalue weighted by molar-refractivity contribution is 0.0153. The Morgan fingerprint density at radius 2 is 2.36 bits per heavy atom. The summed E-state index contributed by atoms with van der Waals surface area (Å²) in [5, 5.41) is 4.14. The Labute approximate surface area is 86.1 Å². The van der Waals surface area contributed by atoms with Gasteiger partial charge in [0.25, 0.3) is 5.91 Å². The molecule has 2 N–H and O–H groups in total. The lowest BCUT2D eigenvalue weighted by Crippen LogP contribution is -2.58. The van der Waals surface area contributed by atoms with E-state index in [-0.39, 0.29) is 11.4 Å². The molecule has 1 amide bonds. The van der Waals surface area contributed by atoms with E-state index in [1.54, 1.807) is 4.90 Å². The Morgan fingerprint density at radius 3 is 2.71 bits per heavy atom. The zero-order valence-corrected chi connectivity index (χ0v) is 8.97. The molecule has 0 atom stereocenters. The van der Waals surface area contributed by atoms with Crippen LogP contribution in [-0.4, -0.2) is 32.5 Å². The molecule has 1 aliphatic heterocycles. The van der Waals surface area contributed by atoms with Crippen molar-refractivity contribution < 1.29 is 4.79 Å². The van der Waals surface area contributed by atoms with Crippen molar-refractivity contribution in [2.24, 2.45) is 0 Å². The van der Waals surface area contributed by atoms with Crippen LogP contribution in [0, 0.1) is 0 Å². The molecular formula is C8H12N4OS. The fourth-order valence-corrected chi connectivity index (χ4v) is 1.95. The number of aromatic nitrogens is 2. The summed E-state index contributed by atoms with van der Waals surface area (Å²) in [4.78, 5) is 13.7. The summed E-state index contributed by atoms with van der Waals surface area (Å²) in [7, 11) is 0. The van der Waals surface area contributed by atoms with Crippen LogP contribution < -0.4 is 5.73 Å². The summed E-state index contributed by atoms with van der Waals surface area (Å²) in [6.07, 6.45) is 1.02. The smallest absolute Gasteiger partial charge is 0.277 e. The molecule has 14 heavy (non-hydrogen) atoms. The molecule has 0 radical (unpaired) electrons. The number of carbonyl (C=O) groups is 1. The van der Waals surface area contributed by atoms with Crippen LogP contribution in [0.2, 0.25) is 0 Å². The first-order valence-corrected chi connectivity index (χ1v) is 5.19. The number of nitrogens with zero attached hydrogens (tertiary/aromatic N) is 3. The van der Waals surface area contributed by atoms with E-state index >= 15 is 0 Å². The number of likely N-dealkylation sites (tertiary alicyclic amines) is 1. The molecule has 6 heteroatoms. The monoisotopic (exact) mass is 212 g/mol. The van der Waals surface area contributed by atoms with Gasteiger partial charge in [-0.1, -0.05) is 4.49 Å². The minimum Gasteiger partial charge on any atom is -0.387 e. The lowest BCUT2D eigenvalue weighted by atomic mass is 9.88. The third-order valence-corrected chi connectivity index (χ3v) is 3.19. The Morgan fingerprint density at radius 1 is 1.64 bits per heavy atom. The highest BCUT2D eigenvalue weighted by Gasteiger charge is 2.40. The number of nitrogens with two attached hydrogens (primary N) is 1. The summed E-state index contributed by atoms with van der Waals surface area (Å²) < 4.78 is 3.65. The van der Waals surface area contributed by atoms with Gasteiger partial charge in [0.2, 0.25) is 0 Å². The minimum absolute atomic E-state index is 0.0624. The molecule has 76 valence electrons. The first-order valence-electron chi connectivity index (χ1n) is 4.42. The molecule has 1 aliphatic rings.